The van der Waals surface area contributed by atoms with Crippen LogP contribution in [-0.2, 0) is 9.53 Å². The van der Waals surface area contributed by atoms with Crippen LogP contribution in [0.5, 0.6) is 0 Å². The molecule has 1 aromatic heterocycles. The number of allylic oxidation sites excluding steroid dienone is 2. The number of halogens is 2. The zero-order valence-corrected chi connectivity index (χ0v) is 13.9. The molecule has 2 heterocycles. The maximum atomic E-state index is 12.5. The number of anilines is 1. The molecule has 5 nitrogen and oxygen atoms in total. The molecule has 0 aromatic carbocycles. The Morgan fingerprint density at radius 1 is 1.61 bits per heavy atom. The number of aromatic nitrogens is 1. The average molecular weight is 358 g/mol. The second kappa shape index (κ2) is 7.72. The van der Waals surface area contributed by atoms with E-state index in [0.29, 0.717) is 29.3 Å². The van der Waals surface area contributed by atoms with Crippen LogP contribution >= 0.6 is 23.7 Å². The number of fused-ring (bicyclic) bond motifs is 1. The standard InChI is InChI=1S/C15H16FN3O2S.ClH/c16-6-10(7-17)9-21-12-2-1-11-8-19(14(20)13(11)5-12)15-18-3-4-22-15;/h2-6,11H,1,7-9,17H2;1H/b10-6-;. The van der Waals surface area contributed by atoms with Crippen molar-refractivity contribution in [3.05, 3.63) is 47.0 Å². The lowest BCUT2D eigenvalue weighted by molar-refractivity contribution is -0.114. The minimum atomic E-state index is -0.0331. The fourth-order valence-corrected chi connectivity index (χ4v) is 3.16. The van der Waals surface area contributed by atoms with Crippen LogP contribution in [0.4, 0.5) is 9.52 Å². The van der Waals surface area contributed by atoms with Crippen LogP contribution < -0.4 is 10.6 Å². The maximum Gasteiger partial charge on any atom is 0.256 e. The Bertz CT molecular complexity index is 658. The number of ether oxygens (including phenoxy) is 1. The van der Waals surface area contributed by atoms with Gasteiger partial charge in [-0.1, -0.05) is 0 Å². The molecule has 2 aliphatic rings. The number of rotatable bonds is 5. The van der Waals surface area contributed by atoms with Gasteiger partial charge < -0.3 is 10.5 Å². The molecule has 1 saturated heterocycles. The summed E-state index contributed by atoms with van der Waals surface area (Å²) < 4.78 is 18.0. The van der Waals surface area contributed by atoms with Crippen molar-refractivity contribution in [2.24, 2.45) is 11.7 Å². The highest BCUT2D eigenvalue weighted by Crippen LogP contribution is 2.35. The molecule has 1 aliphatic carbocycles. The van der Waals surface area contributed by atoms with Gasteiger partial charge >= 0.3 is 0 Å². The van der Waals surface area contributed by atoms with Crippen molar-refractivity contribution in [2.45, 2.75) is 6.42 Å². The van der Waals surface area contributed by atoms with Crippen LogP contribution in [0.15, 0.2) is 47.0 Å². The zero-order valence-electron chi connectivity index (χ0n) is 12.3. The smallest absolute Gasteiger partial charge is 0.256 e. The Balaban J connectivity index is 0.00000192. The van der Waals surface area contributed by atoms with Crippen LogP contribution in [-0.4, -0.2) is 30.6 Å². The van der Waals surface area contributed by atoms with Crippen LogP contribution in [0.2, 0.25) is 0 Å². The van der Waals surface area contributed by atoms with Gasteiger partial charge in [-0.2, -0.15) is 0 Å². The first kappa shape index (κ1) is 17.7. The summed E-state index contributed by atoms with van der Waals surface area (Å²) in [5.41, 5.74) is 6.50. The van der Waals surface area contributed by atoms with E-state index >= 15 is 0 Å². The van der Waals surface area contributed by atoms with Crippen molar-refractivity contribution in [1.29, 1.82) is 0 Å². The van der Waals surface area contributed by atoms with E-state index in [1.54, 1.807) is 17.2 Å². The number of nitrogens with two attached hydrogens (primary N) is 1. The third-order valence-corrected chi connectivity index (χ3v) is 4.52. The van der Waals surface area contributed by atoms with Crippen molar-refractivity contribution >= 4 is 34.8 Å². The van der Waals surface area contributed by atoms with Crippen LogP contribution in [0, 0.1) is 5.92 Å². The molecule has 0 bridgehead atoms. The summed E-state index contributed by atoms with van der Waals surface area (Å²) in [6.07, 6.45) is 6.56. The van der Waals surface area contributed by atoms with Crippen molar-refractivity contribution < 1.29 is 13.9 Å². The number of carbonyl (C=O) groups is 1. The van der Waals surface area contributed by atoms with Crippen LogP contribution in [0.25, 0.3) is 0 Å². The first-order valence-electron chi connectivity index (χ1n) is 6.97. The normalized spacial score (nSPS) is 20.6. The predicted octanol–water partition coefficient (Wildman–Crippen LogP) is 2.57. The van der Waals surface area contributed by atoms with E-state index in [1.807, 2.05) is 11.5 Å². The van der Waals surface area contributed by atoms with E-state index in [9.17, 15) is 9.18 Å². The number of nitrogens with zero attached hydrogens (tertiary/aromatic N) is 2. The Kier molecular flexibility index (Phi) is 5.92. The van der Waals surface area contributed by atoms with Gasteiger partial charge in [-0.05, 0) is 18.6 Å². The first-order valence-corrected chi connectivity index (χ1v) is 7.85. The van der Waals surface area contributed by atoms with E-state index < -0.39 is 0 Å². The van der Waals surface area contributed by atoms with Gasteiger partial charge in [0.15, 0.2) is 5.13 Å². The number of hydrogen-bond donors (Lipinski definition) is 1. The third-order valence-electron chi connectivity index (χ3n) is 3.73. The van der Waals surface area contributed by atoms with Crippen molar-refractivity contribution in [3.8, 4) is 0 Å². The molecule has 1 fully saturated rings. The molecule has 0 spiro atoms. The summed E-state index contributed by atoms with van der Waals surface area (Å²) in [5, 5.41) is 2.57. The summed E-state index contributed by atoms with van der Waals surface area (Å²) in [6.45, 7) is 0.845. The van der Waals surface area contributed by atoms with Gasteiger partial charge in [-0.15, -0.1) is 23.7 Å². The number of hydrogen-bond acceptors (Lipinski definition) is 5. The largest absolute Gasteiger partial charge is 0.489 e. The number of carbonyl (C=O) groups excluding carboxylic acids is 1. The van der Waals surface area contributed by atoms with E-state index in [2.05, 4.69) is 4.98 Å². The molecule has 0 radical (unpaired) electrons. The molecule has 1 unspecified atom stereocenters. The molecular formula is C15H17ClFN3O2S. The van der Waals surface area contributed by atoms with Gasteiger partial charge in [0.05, 0.1) is 6.33 Å². The SMILES string of the molecule is Cl.NC/C(=C/F)COC1=CCC2CN(c3nccs3)C(=O)C2=C1. The van der Waals surface area contributed by atoms with E-state index in [1.165, 1.54) is 11.3 Å². The molecule has 0 saturated carbocycles. The highest BCUT2D eigenvalue weighted by molar-refractivity contribution is 7.13. The Hall–Kier alpha value is -1.70. The highest BCUT2D eigenvalue weighted by Gasteiger charge is 2.38. The Labute approximate surface area is 143 Å². The number of thiazole rings is 1. The van der Waals surface area contributed by atoms with Crippen LogP contribution in [0.1, 0.15) is 6.42 Å². The molecule has 124 valence electrons. The van der Waals surface area contributed by atoms with Crippen molar-refractivity contribution in [1.82, 2.24) is 4.98 Å². The third kappa shape index (κ3) is 3.63. The minimum Gasteiger partial charge on any atom is -0.489 e. The van der Waals surface area contributed by atoms with E-state index in [-0.39, 0.29) is 37.4 Å². The first-order chi connectivity index (χ1) is 10.7. The van der Waals surface area contributed by atoms with Gasteiger partial charge in [-0.25, -0.2) is 9.37 Å². The van der Waals surface area contributed by atoms with Crippen LogP contribution in [0.3, 0.4) is 0 Å². The van der Waals surface area contributed by atoms with Gasteiger partial charge in [0.1, 0.15) is 12.4 Å². The van der Waals surface area contributed by atoms with Gasteiger partial charge in [-0.3, -0.25) is 9.69 Å². The quantitative estimate of drug-likeness (QED) is 0.879. The second-order valence-corrected chi connectivity index (χ2v) is 6.00. The lowest BCUT2D eigenvalue weighted by Gasteiger charge is -2.16. The lowest BCUT2D eigenvalue weighted by atomic mass is 9.94. The minimum absolute atomic E-state index is 0. The zero-order chi connectivity index (χ0) is 15.5. The summed E-state index contributed by atoms with van der Waals surface area (Å²) >= 11 is 1.45. The fraction of sp³-hybridized carbons (Fsp3) is 0.333. The summed E-state index contributed by atoms with van der Waals surface area (Å²) in [4.78, 5) is 18.4. The van der Waals surface area contributed by atoms with Gasteiger partial charge in [0.25, 0.3) is 5.91 Å². The molecule has 1 aliphatic heterocycles. The highest BCUT2D eigenvalue weighted by atomic mass is 35.5. The van der Waals surface area contributed by atoms with Gasteiger partial charge in [0.2, 0.25) is 0 Å². The Morgan fingerprint density at radius 3 is 3.09 bits per heavy atom. The number of amides is 1. The Morgan fingerprint density at radius 2 is 2.43 bits per heavy atom. The molecular weight excluding hydrogens is 341 g/mol. The monoisotopic (exact) mass is 357 g/mol. The van der Waals surface area contributed by atoms with Gasteiger partial charge in [0, 0.05) is 41.7 Å². The summed E-state index contributed by atoms with van der Waals surface area (Å²) in [6, 6.07) is 0. The predicted molar refractivity (Wildman–Crippen MR) is 90.2 cm³/mol. The summed E-state index contributed by atoms with van der Waals surface area (Å²) in [5.74, 6) is 0.720. The molecule has 1 amide bonds. The molecule has 8 heteroatoms. The molecule has 3 rings (SSSR count). The topological polar surface area (TPSA) is 68.5 Å². The maximum absolute atomic E-state index is 12.5. The van der Waals surface area contributed by atoms with Crippen molar-refractivity contribution in [3.63, 3.8) is 0 Å². The van der Waals surface area contributed by atoms with Crippen molar-refractivity contribution in [2.75, 3.05) is 24.6 Å². The molecule has 2 N–H and O–H groups in total. The second-order valence-electron chi connectivity index (χ2n) is 5.13. The fourth-order valence-electron chi connectivity index (χ4n) is 2.51. The van der Waals surface area contributed by atoms with E-state index in [4.69, 9.17) is 10.5 Å². The molecule has 1 aromatic rings. The average Bonchev–Trinajstić information content (AvgIpc) is 3.17. The summed E-state index contributed by atoms with van der Waals surface area (Å²) in [7, 11) is 0. The lowest BCUT2D eigenvalue weighted by Crippen LogP contribution is -2.24. The molecule has 1 atom stereocenters. The van der Waals surface area contributed by atoms with E-state index in [0.717, 1.165) is 12.0 Å². The molecule has 23 heavy (non-hydrogen) atoms.